The number of nitro groups is 2. The Kier molecular flexibility index (Phi) is 14.2. The molecule has 12 nitrogen and oxygen atoms in total. The van der Waals surface area contributed by atoms with Gasteiger partial charge in [0.15, 0.2) is 0 Å². The Balaban J connectivity index is 1.78. The van der Waals surface area contributed by atoms with Crippen molar-refractivity contribution in [3.05, 3.63) is 152 Å². The van der Waals surface area contributed by atoms with Crippen LogP contribution in [0.15, 0.2) is 115 Å². The van der Waals surface area contributed by atoms with Gasteiger partial charge in [-0.05, 0) is 65.6 Å². The molecule has 5 aromatic rings. The molecule has 0 saturated heterocycles. The third-order valence-electron chi connectivity index (χ3n) is 8.57. The Morgan fingerprint density at radius 1 is 0.619 bits per heavy atom. The number of carbonyl (C=O) groups excluding carboxylic acids is 1. The van der Waals surface area contributed by atoms with E-state index in [0.29, 0.717) is 6.07 Å². The summed E-state index contributed by atoms with van der Waals surface area (Å²) in [5, 5.41) is 24.8. The molecule has 0 fully saturated rings. The number of carbonyl (C=O) groups is 1. The Labute approximate surface area is 348 Å². The first kappa shape index (κ1) is 46.7. The van der Waals surface area contributed by atoms with E-state index in [0.717, 1.165) is 66.7 Å². The Morgan fingerprint density at radius 3 is 1.56 bits per heavy atom. The highest BCUT2D eigenvalue weighted by Gasteiger charge is 2.44. The summed E-state index contributed by atoms with van der Waals surface area (Å²) in [6.45, 7) is -0.0196. The van der Waals surface area contributed by atoms with E-state index in [2.05, 4.69) is 14.2 Å². The normalized spacial score (nSPS) is 12.3. The number of nitrogens with zero attached hydrogens (tertiary/aromatic N) is 2. The first-order chi connectivity index (χ1) is 29.6. The zero-order chi connectivity index (χ0) is 46.3. The standard InChI is InChI=1S/C41H28F10N2O10/c1-2-59-37(54)32(21-31-29(14-6-16-34(31)52(55)56)23-8-3-12-27(18-23)62-40(46,47)48)36(25-10-5-11-26(20-25)61-39(44,45)38(42)43)60-22-33-30(15-7-17-35(33)53(57)58)24-9-4-13-28(19-24)63-41(49,50)51/h3-20,38H,2,21-22H2,1H3/b36-32+. The third-order valence-corrected chi connectivity index (χ3v) is 8.57. The minimum absolute atomic E-state index is 0.0823. The van der Waals surface area contributed by atoms with Crippen LogP contribution < -0.4 is 14.2 Å². The lowest BCUT2D eigenvalue weighted by Crippen LogP contribution is -2.33. The quantitative estimate of drug-likeness (QED) is 0.0220. The van der Waals surface area contributed by atoms with Crippen molar-refractivity contribution in [2.75, 3.05) is 6.61 Å². The molecule has 22 heteroatoms. The smallest absolute Gasteiger partial charge is 0.487 e. The van der Waals surface area contributed by atoms with Gasteiger partial charge in [0.2, 0.25) is 0 Å². The van der Waals surface area contributed by atoms with Gasteiger partial charge in [0.25, 0.3) is 11.4 Å². The molecule has 5 rings (SSSR count). The number of benzene rings is 5. The highest BCUT2D eigenvalue weighted by atomic mass is 19.4. The molecule has 0 N–H and O–H groups in total. The van der Waals surface area contributed by atoms with Crippen molar-refractivity contribution in [3.8, 4) is 39.5 Å². The zero-order valence-corrected chi connectivity index (χ0v) is 31.8. The van der Waals surface area contributed by atoms with Gasteiger partial charge < -0.3 is 23.7 Å². The topological polar surface area (TPSA) is 150 Å². The molecule has 63 heavy (non-hydrogen) atoms. The lowest BCUT2D eigenvalue weighted by Gasteiger charge is -2.21. The summed E-state index contributed by atoms with van der Waals surface area (Å²) in [5.74, 6) is -4.44. The van der Waals surface area contributed by atoms with Crippen LogP contribution in [-0.2, 0) is 27.3 Å². The molecule has 0 aliphatic rings. The van der Waals surface area contributed by atoms with E-state index < -0.39 is 99.6 Å². The number of ether oxygens (including phenoxy) is 5. The summed E-state index contributed by atoms with van der Waals surface area (Å²) in [7, 11) is 0. The van der Waals surface area contributed by atoms with Crippen LogP contribution in [0.4, 0.5) is 55.3 Å². The van der Waals surface area contributed by atoms with Crippen LogP contribution in [0.2, 0.25) is 0 Å². The number of hydrogen-bond acceptors (Lipinski definition) is 10. The number of nitro benzene ring substituents is 2. The van der Waals surface area contributed by atoms with Crippen molar-refractivity contribution in [1.29, 1.82) is 0 Å². The third kappa shape index (κ3) is 12.1. The van der Waals surface area contributed by atoms with Gasteiger partial charge >= 0.3 is 31.2 Å². The highest BCUT2D eigenvalue weighted by molar-refractivity contribution is 5.97. The van der Waals surface area contributed by atoms with Gasteiger partial charge in [-0.15, -0.1) is 26.3 Å². The van der Waals surface area contributed by atoms with Gasteiger partial charge in [-0.1, -0.05) is 60.7 Å². The summed E-state index contributed by atoms with van der Waals surface area (Å²) >= 11 is 0. The fourth-order valence-corrected chi connectivity index (χ4v) is 6.12. The van der Waals surface area contributed by atoms with Crippen LogP contribution in [0.1, 0.15) is 23.6 Å². The van der Waals surface area contributed by atoms with Gasteiger partial charge in [0.1, 0.15) is 29.6 Å². The molecule has 0 aliphatic heterocycles. The average molecular weight is 899 g/mol. The van der Waals surface area contributed by atoms with Gasteiger partial charge in [-0.2, -0.15) is 17.6 Å². The molecular formula is C41H28F10N2O10. The molecule has 0 amide bonds. The average Bonchev–Trinajstić information content (AvgIpc) is 3.19. The van der Waals surface area contributed by atoms with E-state index in [9.17, 15) is 68.9 Å². The van der Waals surface area contributed by atoms with Gasteiger partial charge in [-0.3, -0.25) is 20.2 Å². The van der Waals surface area contributed by atoms with Crippen molar-refractivity contribution in [2.45, 2.75) is 45.2 Å². The predicted octanol–water partition coefficient (Wildman–Crippen LogP) is 11.6. The van der Waals surface area contributed by atoms with Crippen LogP contribution in [0, 0.1) is 20.2 Å². The highest BCUT2D eigenvalue weighted by Crippen LogP contribution is 2.40. The summed E-state index contributed by atoms with van der Waals surface area (Å²) in [5.41, 5.74) is -3.73. The molecule has 0 atom stereocenters. The molecule has 0 saturated carbocycles. The fourth-order valence-electron chi connectivity index (χ4n) is 6.12. The maximum absolute atomic E-state index is 14.1. The van der Waals surface area contributed by atoms with Crippen molar-refractivity contribution >= 4 is 23.1 Å². The molecule has 332 valence electrons. The maximum Gasteiger partial charge on any atom is 0.573 e. The van der Waals surface area contributed by atoms with Crippen LogP contribution in [0.25, 0.3) is 28.0 Å². The molecule has 0 bridgehead atoms. The summed E-state index contributed by atoms with van der Waals surface area (Å²) in [4.78, 5) is 37.0. The first-order valence-corrected chi connectivity index (χ1v) is 17.8. The minimum Gasteiger partial charge on any atom is -0.487 e. The number of rotatable bonds is 17. The number of halogens is 10. The second-order valence-corrected chi connectivity index (χ2v) is 12.8. The monoisotopic (exact) mass is 898 g/mol. The van der Waals surface area contributed by atoms with Crippen molar-refractivity contribution in [2.24, 2.45) is 0 Å². The fraction of sp³-hybridized carbons (Fsp3) is 0.195. The van der Waals surface area contributed by atoms with Crippen LogP contribution in [-0.4, -0.2) is 47.7 Å². The SMILES string of the molecule is CCOC(=O)/C(Cc1c(-c2cccc(OC(F)(F)F)c2)cccc1[N+](=O)[O-])=C(/OCc1c(-c2cccc(OC(F)(F)F)c2)cccc1[N+](=O)[O-])c1cccc(OC(F)(F)C(F)F)c1. The molecule has 0 aliphatic carbocycles. The lowest BCUT2D eigenvalue weighted by atomic mass is 9.92. The Morgan fingerprint density at radius 2 is 1.08 bits per heavy atom. The van der Waals surface area contributed by atoms with Gasteiger partial charge in [0.05, 0.1) is 27.6 Å². The summed E-state index contributed by atoms with van der Waals surface area (Å²) in [6, 6.07) is 18.9. The van der Waals surface area contributed by atoms with Crippen molar-refractivity contribution in [3.63, 3.8) is 0 Å². The van der Waals surface area contributed by atoms with E-state index in [1.807, 2.05) is 0 Å². The predicted molar refractivity (Wildman–Crippen MR) is 200 cm³/mol. The number of esters is 1. The van der Waals surface area contributed by atoms with E-state index in [1.165, 1.54) is 43.3 Å². The maximum atomic E-state index is 14.1. The van der Waals surface area contributed by atoms with Gasteiger partial charge in [0, 0.05) is 29.7 Å². The minimum atomic E-state index is -5.15. The second-order valence-electron chi connectivity index (χ2n) is 12.8. The van der Waals surface area contributed by atoms with E-state index in [1.54, 1.807) is 0 Å². The van der Waals surface area contributed by atoms with Crippen LogP contribution >= 0.6 is 0 Å². The van der Waals surface area contributed by atoms with E-state index >= 15 is 0 Å². The molecule has 0 spiro atoms. The Hall–Kier alpha value is -7.39. The largest absolute Gasteiger partial charge is 0.573 e. The number of alkyl halides is 10. The van der Waals surface area contributed by atoms with Crippen molar-refractivity contribution in [1.82, 2.24) is 0 Å². The van der Waals surface area contributed by atoms with E-state index in [4.69, 9.17) is 9.47 Å². The molecule has 0 aromatic heterocycles. The van der Waals surface area contributed by atoms with Crippen LogP contribution in [0.3, 0.4) is 0 Å². The first-order valence-electron chi connectivity index (χ1n) is 17.8. The molecular weight excluding hydrogens is 870 g/mol. The zero-order valence-electron chi connectivity index (χ0n) is 31.8. The van der Waals surface area contributed by atoms with Crippen LogP contribution in [0.5, 0.6) is 17.2 Å². The molecule has 0 radical (unpaired) electrons. The molecule has 5 aromatic carbocycles. The summed E-state index contributed by atoms with van der Waals surface area (Å²) in [6.07, 6.45) is -20.6. The lowest BCUT2D eigenvalue weighted by molar-refractivity contribution is -0.385. The second kappa shape index (κ2) is 19.1. The Bertz CT molecular complexity index is 2530. The van der Waals surface area contributed by atoms with Gasteiger partial charge in [-0.25, -0.2) is 4.79 Å². The molecule has 0 unspecified atom stereocenters. The number of hydrogen-bond donors (Lipinski definition) is 0. The molecule has 0 heterocycles. The van der Waals surface area contributed by atoms with Crippen molar-refractivity contribution < 1.29 is 82.2 Å². The van der Waals surface area contributed by atoms with E-state index in [-0.39, 0.29) is 40.0 Å². The summed E-state index contributed by atoms with van der Waals surface area (Å²) < 4.78 is 157.